The molecule has 2 unspecified atom stereocenters. The van der Waals surface area contributed by atoms with Gasteiger partial charge in [-0.25, -0.2) is 21.6 Å². The van der Waals surface area contributed by atoms with Crippen LogP contribution in [0.25, 0.3) is 0 Å². The molecule has 0 saturated heterocycles. The smallest absolute Gasteiger partial charge is 0.479 e. The number of carbonyl (C=O) groups is 1. The number of hydrogen-bond donors (Lipinski definition) is 1. The van der Waals surface area contributed by atoms with E-state index in [2.05, 4.69) is 4.74 Å². The van der Waals surface area contributed by atoms with Gasteiger partial charge in [-0.2, -0.15) is 26.3 Å². The van der Waals surface area contributed by atoms with Gasteiger partial charge in [0.2, 0.25) is 4.58 Å². The molecule has 0 fully saturated rings. The van der Waals surface area contributed by atoms with E-state index in [1.165, 1.54) is 0 Å². The molecule has 0 aliphatic carbocycles. The van der Waals surface area contributed by atoms with Gasteiger partial charge in [-0.1, -0.05) is 13.3 Å². The molecule has 28 heavy (non-hydrogen) atoms. The average molecular weight is 468 g/mol. The Morgan fingerprint density at radius 2 is 1.39 bits per heavy atom. The summed E-state index contributed by atoms with van der Waals surface area (Å²) in [5, 5.41) is 8.99. The highest BCUT2D eigenvalue weighted by molar-refractivity contribution is 8.09. The zero-order valence-corrected chi connectivity index (χ0v) is 16.1. The zero-order chi connectivity index (χ0) is 22.6. The largest absolute Gasteiger partial charge is 0.498 e. The van der Waals surface area contributed by atoms with Crippen LogP contribution in [-0.2, 0) is 33.9 Å². The second kappa shape index (κ2) is 9.58. The summed E-state index contributed by atoms with van der Waals surface area (Å²) in [5.41, 5.74) is -12.7. The van der Waals surface area contributed by atoms with E-state index in [1.54, 1.807) is 6.92 Å². The van der Waals surface area contributed by atoms with E-state index in [4.69, 9.17) is 9.84 Å². The van der Waals surface area contributed by atoms with Crippen molar-refractivity contribution in [1.29, 1.82) is 0 Å². The number of aliphatic carboxylic acids is 1. The lowest BCUT2D eigenvalue weighted by molar-refractivity contribution is -0.160. The summed E-state index contributed by atoms with van der Waals surface area (Å²) >= 11 is 0. The SMILES string of the molecule is CCCCOC(C)C(OCC(S(=O)(=O)C(F)(F)F)S(=O)(=O)C(F)(F)F)C(=O)O. The number of unbranched alkanes of at least 4 members (excludes halogenated alkanes) is 1. The number of sulfone groups is 2. The third-order valence-electron chi connectivity index (χ3n) is 3.30. The van der Waals surface area contributed by atoms with E-state index >= 15 is 0 Å². The highest BCUT2D eigenvalue weighted by Crippen LogP contribution is 2.36. The van der Waals surface area contributed by atoms with Crippen LogP contribution in [0.4, 0.5) is 26.3 Å². The maximum absolute atomic E-state index is 12.6. The summed E-state index contributed by atoms with van der Waals surface area (Å²) in [4.78, 5) is 11.1. The van der Waals surface area contributed by atoms with Gasteiger partial charge in [0.15, 0.2) is 6.10 Å². The van der Waals surface area contributed by atoms with Crippen LogP contribution in [0.2, 0.25) is 0 Å². The molecule has 0 aliphatic heterocycles. The Bertz CT molecular complexity index is 684. The molecule has 16 heteroatoms. The molecule has 2 atom stereocenters. The lowest BCUT2D eigenvalue weighted by Crippen LogP contribution is -2.49. The van der Waals surface area contributed by atoms with Crippen molar-refractivity contribution in [3.63, 3.8) is 0 Å². The quantitative estimate of drug-likeness (QED) is 0.360. The van der Waals surface area contributed by atoms with Gasteiger partial charge in [0.25, 0.3) is 19.7 Å². The third-order valence-corrected chi connectivity index (χ3v) is 7.76. The van der Waals surface area contributed by atoms with Crippen LogP contribution >= 0.6 is 0 Å². The number of alkyl halides is 6. The van der Waals surface area contributed by atoms with Crippen LogP contribution in [0.1, 0.15) is 26.7 Å². The van der Waals surface area contributed by atoms with Crippen LogP contribution in [0, 0.1) is 0 Å². The first kappa shape index (κ1) is 26.9. The van der Waals surface area contributed by atoms with Crippen molar-refractivity contribution in [3.8, 4) is 0 Å². The Hall–Kier alpha value is -1.13. The Morgan fingerprint density at radius 1 is 0.964 bits per heavy atom. The number of ether oxygens (including phenoxy) is 2. The third kappa shape index (κ3) is 6.45. The van der Waals surface area contributed by atoms with E-state index in [9.17, 15) is 48.0 Å². The van der Waals surface area contributed by atoms with Crippen molar-refractivity contribution < 1.29 is 62.6 Å². The van der Waals surface area contributed by atoms with Crippen LogP contribution in [0.3, 0.4) is 0 Å². The summed E-state index contributed by atoms with van der Waals surface area (Å²) < 4.78 is 126. The molecule has 8 nitrogen and oxygen atoms in total. The number of carboxylic acid groups (broad SMARTS) is 1. The Kier molecular flexibility index (Phi) is 9.19. The van der Waals surface area contributed by atoms with Crippen molar-refractivity contribution in [2.75, 3.05) is 13.2 Å². The van der Waals surface area contributed by atoms with Gasteiger partial charge in [0.1, 0.15) is 0 Å². The molecular formula is C12H18F6O8S2. The van der Waals surface area contributed by atoms with Gasteiger partial charge in [-0.3, -0.25) is 0 Å². The number of rotatable bonds is 11. The van der Waals surface area contributed by atoms with Crippen LogP contribution in [-0.4, -0.2) is 68.9 Å². The summed E-state index contributed by atoms with van der Waals surface area (Å²) in [6.07, 6.45) is -2.59. The molecule has 0 aromatic carbocycles. The van der Waals surface area contributed by atoms with Crippen molar-refractivity contribution in [3.05, 3.63) is 0 Å². The molecule has 0 saturated carbocycles. The Labute approximate surface area is 156 Å². The molecule has 0 bridgehead atoms. The van der Waals surface area contributed by atoms with Gasteiger partial charge in [0.05, 0.1) is 12.7 Å². The van der Waals surface area contributed by atoms with Crippen molar-refractivity contribution in [1.82, 2.24) is 0 Å². The maximum atomic E-state index is 12.6. The molecule has 0 spiro atoms. The van der Waals surface area contributed by atoms with E-state index in [0.29, 0.717) is 12.8 Å². The molecule has 0 rings (SSSR count). The van der Waals surface area contributed by atoms with E-state index in [1.807, 2.05) is 0 Å². The second-order valence-electron chi connectivity index (χ2n) is 5.43. The minimum atomic E-state index is -6.91. The Balaban J connectivity index is 5.83. The van der Waals surface area contributed by atoms with E-state index < -0.39 is 60.1 Å². The minimum absolute atomic E-state index is 0.0318. The zero-order valence-electron chi connectivity index (χ0n) is 14.4. The lowest BCUT2D eigenvalue weighted by atomic mass is 10.2. The molecule has 0 aromatic rings. The maximum Gasteiger partial charge on any atom is 0.498 e. The summed E-state index contributed by atoms with van der Waals surface area (Å²) in [5.74, 6) is -1.91. The molecular weight excluding hydrogens is 450 g/mol. The fraction of sp³-hybridized carbons (Fsp3) is 0.917. The van der Waals surface area contributed by atoms with Crippen molar-refractivity contribution >= 4 is 25.6 Å². The fourth-order valence-electron chi connectivity index (χ4n) is 1.73. The summed E-state index contributed by atoms with van der Waals surface area (Å²) in [6.45, 7) is 0.547. The number of hydrogen-bond acceptors (Lipinski definition) is 7. The molecule has 0 heterocycles. The normalized spacial score (nSPS) is 16.2. The Morgan fingerprint density at radius 3 is 1.71 bits per heavy atom. The van der Waals surface area contributed by atoms with Crippen LogP contribution < -0.4 is 0 Å². The molecule has 1 N–H and O–H groups in total. The van der Waals surface area contributed by atoms with Crippen molar-refractivity contribution in [2.24, 2.45) is 0 Å². The fourth-order valence-corrected chi connectivity index (χ4v) is 4.84. The topological polar surface area (TPSA) is 124 Å². The molecule has 0 radical (unpaired) electrons. The summed E-state index contributed by atoms with van der Waals surface area (Å²) in [7, 11) is -13.8. The highest BCUT2D eigenvalue weighted by Gasteiger charge is 2.63. The molecule has 0 aliphatic rings. The molecule has 0 amide bonds. The standard InChI is InChI=1S/C12H18F6O8S2/c1-3-4-5-25-7(2)9(10(19)20)26-6-8(27(21,22)11(13,14)15)28(23,24)12(16,17)18/h7-9H,3-6H2,1-2H3,(H,19,20). The predicted molar refractivity (Wildman–Crippen MR) is 81.4 cm³/mol. The number of carboxylic acids is 1. The number of halogens is 6. The second-order valence-corrected chi connectivity index (χ2v) is 9.98. The van der Waals surface area contributed by atoms with E-state index in [-0.39, 0.29) is 6.61 Å². The lowest BCUT2D eigenvalue weighted by Gasteiger charge is -2.25. The van der Waals surface area contributed by atoms with Gasteiger partial charge in [-0.15, -0.1) is 0 Å². The van der Waals surface area contributed by atoms with Gasteiger partial charge in [0, 0.05) is 6.61 Å². The van der Waals surface area contributed by atoms with E-state index in [0.717, 1.165) is 6.92 Å². The predicted octanol–water partition coefficient (Wildman–Crippen LogP) is 1.86. The van der Waals surface area contributed by atoms with Gasteiger partial charge < -0.3 is 14.6 Å². The summed E-state index contributed by atoms with van der Waals surface area (Å²) in [6, 6.07) is 0. The first-order valence-electron chi connectivity index (χ1n) is 7.47. The monoisotopic (exact) mass is 468 g/mol. The average Bonchev–Trinajstić information content (AvgIpc) is 2.48. The van der Waals surface area contributed by atoms with Gasteiger partial charge >= 0.3 is 17.0 Å². The van der Waals surface area contributed by atoms with Crippen LogP contribution in [0.5, 0.6) is 0 Å². The van der Waals surface area contributed by atoms with Gasteiger partial charge in [-0.05, 0) is 13.3 Å². The van der Waals surface area contributed by atoms with Crippen LogP contribution in [0.15, 0.2) is 0 Å². The minimum Gasteiger partial charge on any atom is -0.479 e. The first-order valence-corrected chi connectivity index (χ1v) is 10.6. The molecule has 168 valence electrons. The first-order chi connectivity index (χ1) is 12.4. The van der Waals surface area contributed by atoms with Crippen molar-refractivity contribution in [2.45, 2.75) is 54.5 Å². The molecule has 0 aromatic heterocycles. The highest BCUT2D eigenvalue weighted by atomic mass is 32.3.